The Balaban J connectivity index is 1.46. The summed E-state index contributed by atoms with van der Waals surface area (Å²) in [7, 11) is 0. The average Bonchev–Trinajstić information content (AvgIpc) is 3.31. The van der Waals surface area contributed by atoms with Gasteiger partial charge in [0.05, 0.1) is 40.4 Å². The first-order valence-corrected chi connectivity index (χ1v) is 12.8. The summed E-state index contributed by atoms with van der Waals surface area (Å²) >= 11 is 0. The summed E-state index contributed by atoms with van der Waals surface area (Å²) in [5.41, 5.74) is 4.78. The fourth-order valence-corrected chi connectivity index (χ4v) is 5.46. The molecule has 0 saturated carbocycles. The van der Waals surface area contributed by atoms with E-state index in [1.807, 2.05) is 4.90 Å². The molecule has 3 atom stereocenters. The maximum absolute atomic E-state index is 15.6. The van der Waals surface area contributed by atoms with E-state index in [0.717, 1.165) is 30.7 Å². The van der Waals surface area contributed by atoms with Gasteiger partial charge in [-0.05, 0) is 49.1 Å². The van der Waals surface area contributed by atoms with Crippen LogP contribution in [0.5, 0.6) is 0 Å². The van der Waals surface area contributed by atoms with Crippen LogP contribution < -0.4 is 20.9 Å². The van der Waals surface area contributed by atoms with Crippen molar-refractivity contribution < 1.29 is 27.5 Å². The number of nitrogens with one attached hydrogen (secondary N) is 1. The van der Waals surface area contributed by atoms with Crippen LogP contribution in [-0.4, -0.2) is 54.3 Å². The smallest absolute Gasteiger partial charge is 0.258 e. The van der Waals surface area contributed by atoms with Crippen LogP contribution in [0, 0.1) is 29.2 Å². The molecule has 5 rings (SSSR count). The highest BCUT2D eigenvalue weighted by molar-refractivity contribution is 6.06. The molecule has 1 unspecified atom stereocenters. The predicted molar refractivity (Wildman–Crippen MR) is 141 cm³/mol. The highest BCUT2D eigenvalue weighted by Gasteiger charge is 2.29. The second-order valence-corrected chi connectivity index (χ2v) is 10.3. The van der Waals surface area contributed by atoms with Crippen molar-refractivity contribution in [2.24, 2.45) is 11.7 Å². The lowest BCUT2D eigenvalue weighted by atomic mass is 9.96. The fourth-order valence-electron chi connectivity index (χ4n) is 5.46. The molecule has 39 heavy (non-hydrogen) atoms. The number of hydrogen-bond acceptors (Lipinski definition) is 6. The second kappa shape index (κ2) is 10.8. The van der Waals surface area contributed by atoms with E-state index in [4.69, 9.17) is 5.73 Å². The number of aromatic nitrogens is 1. The Morgan fingerprint density at radius 1 is 1.03 bits per heavy atom. The van der Waals surface area contributed by atoms with Gasteiger partial charge in [0.1, 0.15) is 23.3 Å². The number of nitrogens with two attached hydrogens (primary N) is 1. The molecule has 3 heterocycles. The number of benzene rings is 2. The molecular formula is C28H29F4N5O2. The SMILES string of the molecule is C[C@@H]1C[C@H](N)CN(c2ccncc2NC(=O)c2ccc(F)c(-c3c(F)cc(N4CCC(O)C4)cc3F)c2F)C1. The number of anilines is 3. The lowest BCUT2D eigenvalue weighted by Gasteiger charge is -2.37. The molecular weight excluding hydrogens is 514 g/mol. The normalized spacial score (nSPS) is 21.4. The largest absolute Gasteiger partial charge is 0.391 e. The molecule has 0 bridgehead atoms. The maximum Gasteiger partial charge on any atom is 0.258 e. The van der Waals surface area contributed by atoms with Gasteiger partial charge in [0.15, 0.2) is 0 Å². The molecule has 2 aromatic carbocycles. The quantitative estimate of drug-likeness (QED) is 0.416. The van der Waals surface area contributed by atoms with E-state index >= 15 is 13.2 Å². The van der Waals surface area contributed by atoms with Gasteiger partial charge in [0.2, 0.25) is 0 Å². The van der Waals surface area contributed by atoms with Crippen LogP contribution in [0.25, 0.3) is 11.1 Å². The van der Waals surface area contributed by atoms with Gasteiger partial charge in [-0.25, -0.2) is 17.6 Å². The number of halogens is 4. The number of nitrogens with zero attached hydrogens (tertiary/aromatic N) is 3. The van der Waals surface area contributed by atoms with Crippen molar-refractivity contribution in [1.29, 1.82) is 0 Å². The zero-order valence-electron chi connectivity index (χ0n) is 21.3. The molecule has 7 nitrogen and oxygen atoms in total. The van der Waals surface area contributed by atoms with Crippen LogP contribution in [0.15, 0.2) is 42.7 Å². The van der Waals surface area contributed by atoms with Crippen LogP contribution in [0.4, 0.5) is 34.6 Å². The fraction of sp³-hybridized carbons (Fsp3) is 0.357. The third kappa shape index (κ3) is 5.41. The highest BCUT2D eigenvalue weighted by Crippen LogP contribution is 2.36. The van der Waals surface area contributed by atoms with Crippen LogP contribution in [0.1, 0.15) is 30.1 Å². The number of β-amino-alcohol motifs (C(OH)–C–C–N with tert-alkyl or cyclic N) is 1. The van der Waals surface area contributed by atoms with E-state index < -0.39 is 52.0 Å². The highest BCUT2D eigenvalue weighted by atomic mass is 19.1. The molecule has 4 N–H and O–H groups in total. The Morgan fingerprint density at radius 3 is 2.44 bits per heavy atom. The molecule has 0 radical (unpaired) electrons. The van der Waals surface area contributed by atoms with Crippen LogP contribution in [0.2, 0.25) is 0 Å². The average molecular weight is 544 g/mol. The summed E-state index contributed by atoms with van der Waals surface area (Å²) in [6.07, 6.45) is 3.64. The van der Waals surface area contributed by atoms with Crippen LogP contribution >= 0.6 is 0 Å². The molecule has 2 aliphatic rings. The van der Waals surface area contributed by atoms with Gasteiger partial charge in [-0.3, -0.25) is 9.78 Å². The third-order valence-corrected chi connectivity index (χ3v) is 7.22. The number of carbonyl (C=O) groups is 1. The lowest BCUT2D eigenvalue weighted by Crippen LogP contribution is -2.46. The van der Waals surface area contributed by atoms with E-state index in [2.05, 4.69) is 17.2 Å². The maximum atomic E-state index is 15.6. The van der Waals surface area contributed by atoms with Crippen molar-refractivity contribution in [2.75, 3.05) is 41.3 Å². The molecule has 2 aliphatic heterocycles. The Hall–Kier alpha value is -3.70. The van der Waals surface area contributed by atoms with Crippen LogP contribution in [-0.2, 0) is 0 Å². The number of aliphatic hydroxyl groups is 1. The Labute approximate surface area is 223 Å². The summed E-state index contributed by atoms with van der Waals surface area (Å²) in [5, 5.41) is 12.3. The number of amides is 1. The topological polar surface area (TPSA) is 94.7 Å². The van der Waals surface area contributed by atoms with Gasteiger partial charge < -0.3 is 26.0 Å². The van der Waals surface area contributed by atoms with Gasteiger partial charge in [-0.15, -0.1) is 0 Å². The van der Waals surface area contributed by atoms with E-state index in [1.165, 1.54) is 6.20 Å². The number of pyridine rings is 1. The van der Waals surface area contributed by atoms with Crippen molar-refractivity contribution in [1.82, 2.24) is 4.98 Å². The summed E-state index contributed by atoms with van der Waals surface area (Å²) in [6.45, 7) is 3.89. The lowest BCUT2D eigenvalue weighted by molar-refractivity contribution is 0.102. The van der Waals surface area contributed by atoms with E-state index in [-0.39, 0.29) is 18.3 Å². The first-order valence-electron chi connectivity index (χ1n) is 12.8. The van der Waals surface area contributed by atoms with Crippen LogP contribution in [0.3, 0.4) is 0 Å². The Bertz CT molecular complexity index is 1370. The molecule has 1 aromatic heterocycles. The number of piperidine rings is 1. The summed E-state index contributed by atoms with van der Waals surface area (Å²) < 4.78 is 60.7. The van der Waals surface area contributed by atoms with E-state index in [0.29, 0.717) is 43.3 Å². The summed E-state index contributed by atoms with van der Waals surface area (Å²) in [5.74, 6) is -5.60. The van der Waals surface area contributed by atoms with Crippen molar-refractivity contribution in [3.63, 3.8) is 0 Å². The van der Waals surface area contributed by atoms with Gasteiger partial charge in [-0.1, -0.05) is 6.92 Å². The van der Waals surface area contributed by atoms with E-state index in [1.54, 1.807) is 17.2 Å². The summed E-state index contributed by atoms with van der Waals surface area (Å²) in [6, 6.07) is 5.30. The first kappa shape index (κ1) is 26.9. The number of aliphatic hydroxyl groups excluding tert-OH is 1. The standard InChI is InChI=1S/C28H29F4N5O2/c1-15-8-16(33)13-37(12-15)24-4-6-34-11-23(24)35-28(39)19-2-3-20(29)26(27(19)32)25-21(30)9-17(10-22(25)31)36-7-5-18(38)14-36/h2-4,6,9-11,15-16,18,38H,5,7-8,12-14,33H2,1H3,(H,35,39)/t15-,16+,18?/m1/s1. The monoisotopic (exact) mass is 543 g/mol. The molecule has 11 heteroatoms. The minimum atomic E-state index is -1.39. The molecule has 2 fully saturated rings. The third-order valence-electron chi connectivity index (χ3n) is 7.22. The summed E-state index contributed by atoms with van der Waals surface area (Å²) in [4.78, 5) is 20.8. The molecule has 0 aliphatic carbocycles. The molecule has 0 spiro atoms. The molecule has 3 aromatic rings. The number of hydrogen-bond donors (Lipinski definition) is 3. The minimum Gasteiger partial charge on any atom is -0.391 e. The zero-order valence-corrected chi connectivity index (χ0v) is 21.3. The molecule has 206 valence electrons. The number of carbonyl (C=O) groups excluding carboxylic acids is 1. The van der Waals surface area contributed by atoms with Gasteiger partial charge >= 0.3 is 0 Å². The molecule has 2 saturated heterocycles. The Morgan fingerprint density at radius 2 is 1.77 bits per heavy atom. The predicted octanol–water partition coefficient (Wildman–Crippen LogP) is 4.30. The van der Waals surface area contributed by atoms with Crippen molar-refractivity contribution in [3.05, 3.63) is 71.6 Å². The van der Waals surface area contributed by atoms with Gasteiger partial charge in [-0.2, -0.15) is 0 Å². The van der Waals surface area contributed by atoms with Gasteiger partial charge in [0.25, 0.3) is 5.91 Å². The van der Waals surface area contributed by atoms with Crippen molar-refractivity contribution >= 4 is 23.0 Å². The number of rotatable bonds is 5. The Kier molecular flexibility index (Phi) is 7.46. The van der Waals surface area contributed by atoms with Crippen molar-refractivity contribution in [3.8, 4) is 11.1 Å². The first-order chi connectivity index (χ1) is 18.6. The molecule has 1 amide bonds. The second-order valence-electron chi connectivity index (χ2n) is 10.3. The van der Waals surface area contributed by atoms with Gasteiger partial charge in [0, 0.05) is 44.1 Å². The minimum absolute atomic E-state index is 0.0608. The van der Waals surface area contributed by atoms with Crippen molar-refractivity contribution in [2.45, 2.75) is 31.9 Å². The van der Waals surface area contributed by atoms with E-state index in [9.17, 15) is 14.3 Å². The zero-order chi connectivity index (χ0) is 27.8.